The van der Waals surface area contributed by atoms with E-state index in [4.69, 9.17) is 9.72 Å². The van der Waals surface area contributed by atoms with E-state index in [2.05, 4.69) is 93.8 Å². The molecule has 0 bridgehead atoms. The summed E-state index contributed by atoms with van der Waals surface area (Å²) in [6.07, 6.45) is 1.96. The van der Waals surface area contributed by atoms with Crippen LogP contribution in [0.2, 0.25) is 0 Å². The predicted molar refractivity (Wildman–Crippen MR) is 189 cm³/mol. The van der Waals surface area contributed by atoms with Crippen LogP contribution in [0.4, 0.5) is 5.69 Å². The van der Waals surface area contributed by atoms with Gasteiger partial charge in [-0.1, -0.05) is 77.1 Å². The van der Waals surface area contributed by atoms with Crippen molar-refractivity contribution in [2.75, 3.05) is 24.5 Å². The molecule has 1 saturated heterocycles. The van der Waals surface area contributed by atoms with E-state index < -0.39 is 17.7 Å². The number of pyridine rings is 1. The number of ether oxygens (including phenoxy) is 1. The van der Waals surface area contributed by atoms with Crippen LogP contribution in [0.3, 0.4) is 0 Å². The van der Waals surface area contributed by atoms with Crippen molar-refractivity contribution in [3.63, 3.8) is 0 Å². The number of rotatable bonds is 7. The SMILES string of the molecule is Cc1nc(C)c([C@H](OC(C)(C)C)C(=O)O)c(N2CCC(C)(C)CC2)c1-c1ccc2c(c1)CCN(Cc1ccc(C(C)(C)C)cc1)C2. The Bertz CT molecular complexity index is 1570. The second kappa shape index (κ2) is 12.8. The third-order valence-corrected chi connectivity index (χ3v) is 9.78. The summed E-state index contributed by atoms with van der Waals surface area (Å²) in [5.74, 6) is -0.980. The predicted octanol–water partition coefficient (Wildman–Crippen LogP) is 8.79. The number of carbonyl (C=O) groups is 1. The first-order valence-corrected chi connectivity index (χ1v) is 17.0. The summed E-state index contributed by atoms with van der Waals surface area (Å²) in [6, 6.07) is 15.9. The maximum atomic E-state index is 12.8. The molecule has 0 saturated carbocycles. The summed E-state index contributed by atoms with van der Waals surface area (Å²) in [6.45, 7) is 25.8. The van der Waals surface area contributed by atoms with Crippen molar-refractivity contribution in [1.82, 2.24) is 9.88 Å². The monoisotopic (exact) mass is 625 g/mol. The van der Waals surface area contributed by atoms with E-state index in [9.17, 15) is 9.90 Å². The van der Waals surface area contributed by atoms with Gasteiger partial charge in [-0.3, -0.25) is 9.88 Å². The van der Waals surface area contributed by atoms with E-state index in [1.165, 1.54) is 22.3 Å². The first kappa shape index (κ1) is 34.1. The second-order valence-electron chi connectivity index (χ2n) is 16.4. The van der Waals surface area contributed by atoms with Gasteiger partial charge in [0.05, 0.1) is 11.3 Å². The van der Waals surface area contributed by atoms with Crippen molar-refractivity contribution in [3.05, 3.63) is 81.7 Å². The van der Waals surface area contributed by atoms with Crippen LogP contribution in [-0.2, 0) is 34.5 Å². The lowest BCUT2D eigenvalue weighted by atomic mass is 9.81. The van der Waals surface area contributed by atoms with Gasteiger partial charge in [0, 0.05) is 55.2 Å². The number of carboxylic acid groups (broad SMARTS) is 1. The molecule has 1 N–H and O–H groups in total. The molecule has 2 aliphatic rings. The zero-order valence-corrected chi connectivity index (χ0v) is 29.9. The van der Waals surface area contributed by atoms with Crippen molar-refractivity contribution in [1.29, 1.82) is 0 Å². The standard InChI is InChI=1S/C40H55N3O3/c1-26-33(30-13-14-31-25-42(20-17-29(31)23-30)24-28-11-15-32(16-12-28)38(3,4)5)35(43-21-18-40(9,10)19-22-43)34(27(2)41-26)36(37(44)45)46-39(6,7)8/h11-16,23,36H,17-22,24-25H2,1-10H3,(H,44,45)/t36-/m0/s1. The molecule has 0 aliphatic carbocycles. The molecule has 248 valence electrons. The minimum Gasteiger partial charge on any atom is -0.479 e. The zero-order valence-electron chi connectivity index (χ0n) is 29.9. The van der Waals surface area contributed by atoms with Crippen LogP contribution in [0, 0.1) is 19.3 Å². The number of hydrogen-bond donors (Lipinski definition) is 1. The zero-order chi connectivity index (χ0) is 33.6. The third kappa shape index (κ3) is 7.66. The van der Waals surface area contributed by atoms with Gasteiger partial charge >= 0.3 is 5.97 Å². The molecule has 2 aromatic carbocycles. The molecule has 0 amide bonds. The number of aryl methyl sites for hydroxylation is 2. The van der Waals surface area contributed by atoms with Gasteiger partial charge in [0.15, 0.2) is 6.10 Å². The van der Waals surface area contributed by atoms with Crippen LogP contribution >= 0.6 is 0 Å². The highest BCUT2D eigenvalue weighted by Gasteiger charge is 2.36. The van der Waals surface area contributed by atoms with Gasteiger partial charge in [-0.25, -0.2) is 4.79 Å². The van der Waals surface area contributed by atoms with Crippen molar-refractivity contribution in [3.8, 4) is 11.1 Å². The molecule has 0 unspecified atom stereocenters. The number of aromatic nitrogens is 1. The number of benzene rings is 2. The van der Waals surface area contributed by atoms with Gasteiger partial charge in [0.1, 0.15) is 0 Å². The molecule has 1 fully saturated rings. The van der Waals surface area contributed by atoms with E-state index in [0.717, 1.165) is 80.2 Å². The summed E-state index contributed by atoms with van der Waals surface area (Å²) >= 11 is 0. The first-order valence-electron chi connectivity index (χ1n) is 17.0. The molecular formula is C40H55N3O3. The third-order valence-electron chi connectivity index (χ3n) is 9.78. The van der Waals surface area contributed by atoms with Crippen molar-refractivity contribution in [2.24, 2.45) is 5.41 Å². The quantitative estimate of drug-likeness (QED) is 0.283. The molecule has 46 heavy (non-hydrogen) atoms. The molecule has 0 spiro atoms. The fourth-order valence-electron chi connectivity index (χ4n) is 7.03. The van der Waals surface area contributed by atoms with E-state index in [1.807, 2.05) is 27.7 Å². The molecule has 3 heterocycles. The summed E-state index contributed by atoms with van der Waals surface area (Å²) in [7, 11) is 0. The molecular weight excluding hydrogens is 570 g/mol. The smallest absolute Gasteiger partial charge is 0.337 e. The van der Waals surface area contributed by atoms with E-state index in [1.54, 1.807) is 0 Å². The van der Waals surface area contributed by atoms with E-state index in [-0.39, 0.29) is 10.8 Å². The van der Waals surface area contributed by atoms with Crippen LogP contribution in [0.1, 0.15) is 114 Å². The lowest BCUT2D eigenvalue weighted by molar-refractivity contribution is -0.160. The Labute approximate surface area is 277 Å². The molecule has 3 aromatic rings. The number of anilines is 1. The summed E-state index contributed by atoms with van der Waals surface area (Å²) in [4.78, 5) is 22.8. The lowest BCUT2D eigenvalue weighted by Crippen LogP contribution is -2.39. The van der Waals surface area contributed by atoms with Crippen LogP contribution in [-0.4, -0.2) is 46.2 Å². The second-order valence-corrected chi connectivity index (χ2v) is 16.4. The molecule has 6 nitrogen and oxygen atoms in total. The van der Waals surface area contributed by atoms with Crippen molar-refractivity contribution >= 4 is 11.7 Å². The highest BCUT2D eigenvalue weighted by atomic mass is 16.5. The number of hydrogen-bond acceptors (Lipinski definition) is 5. The Kier molecular flexibility index (Phi) is 9.47. The van der Waals surface area contributed by atoms with Crippen LogP contribution in [0.25, 0.3) is 11.1 Å². The maximum absolute atomic E-state index is 12.8. The van der Waals surface area contributed by atoms with Crippen molar-refractivity contribution < 1.29 is 14.6 Å². The Morgan fingerprint density at radius 2 is 1.59 bits per heavy atom. The summed E-state index contributed by atoms with van der Waals surface area (Å²) in [5, 5.41) is 10.5. The average Bonchev–Trinajstić information content (AvgIpc) is 2.95. The summed E-state index contributed by atoms with van der Waals surface area (Å²) in [5.41, 5.74) is 10.7. The van der Waals surface area contributed by atoms with Gasteiger partial charge in [-0.2, -0.15) is 0 Å². The van der Waals surface area contributed by atoms with Crippen LogP contribution in [0.5, 0.6) is 0 Å². The minimum absolute atomic E-state index is 0.158. The number of fused-ring (bicyclic) bond motifs is 1. The number of piperidine rings is 1. The Morgan fingerprint density at radius 3 is 2.17 bits per heavy atom. The van der Waals surface area contributed by atoms with Gasteiger partial charge < -0.3 is 14.7 Å². The largest absolute Gasteiger partial charge is 0.479 e. The Balaban J connectivity index is 1.51. The Hall–Kier alpha value is -3.22. The fourth-order valence-corrected chi connectivity index (χ4v) is 7.03. The van der Waals surface area contributed by atoms with Gasteiger partial charge in [0.25, 0.3) is 0 Å². The number of nitrogens with zero attached hydrogens (tertiary/aromatic N) is 3. The highest BCUT2D eigenvalue weighted by molar-refractivity contribution is 5.88. The number of aliphatic carboxylic acids is 1. The molecule has 5 rings (SSSR count). The van der Waals surface area contributed by atoms with E-state index in [0.29, 0.717) is 5.56 Å². The van der Waals surface area contributed by atoms with Gasteiger partial charge in [0.2, 0.25) is 0 Å². The highest BCUT2D eigenvalue weighted by Crippen LogP contribution is 2.45. The van der Waals surface area contributed by atoms with Crippen LogP contribution < -0.4 is 4.90 Å². The normalized spacial score (nSPS) is 17.9. The maximum Gasteiger partial charge on any atom is 0.337 e. The topological polar surface area (TPSA) is 65.9 Å². The molecule has 1 atom stereocenters. The van der Waals surface area contributed by atoms with E-state index >= 15 is 0 Å². The molecule has 6 heteroatoms. The van der Waals surface area contributed by atoms with Gasteiger partial charge in [-0.05, 0) is 92.5 Å². The first-order chi connectivity index (χ1) is 21.4. The summed E-state index contributed by atoms with van der Waals surface area (Å²) < 4.78 is 6.27. The van der Waals surface area contributed by atoms with Crippen molar-refractivity contribution in [2.45, 2.75) is 119 Å². The minimum atomic E-state index is -1.11. The van der Waals surface area contributed by atoms with Gasteiger partial charge in [-0.15, -0.1) is 0 Å². The molecule has 1 aromatic heterocycles. The lowest BCUT2D eigenvalue weighted by Gasteiger charge is -2.41. The molecule has 2 aliphatic heterocycles. The van der Waals surface area contributed by atoms with Crippen LogP contribution in [0.15, 0.2) is 42.5 Å². The number of carboxylic acids is 1. The Morgan fingerprint density at radius 1 is 0.935 bits per heavy atom. The fraction of sp³-hybridized carbons (Fsp3) is 0.550. The molecule has 0 radical (unpaired) electrons. The average molecular weight is 626 g/mol.